The molecule has 0 aliphatic carbocycles. The summed E-state index contributed by atoms with van der Waals surface area (Å²) in [6.45, 7) is 10.2. The fourth-order valence-corrected chi connectivity index (χ4v) is 5.92. The van der Waals surface area contributed by atoms with E-state index in [0.717, 1.165) is 12.8 Å². The van der Waals surface area contributed by atoms with E-state index in [0.29, 0.717) is 22.6 Å². The number of carbonyl (C=O) groups excluding carboxylic acids is 1. The summed E-state index contributed by atoms with van der Waals surface area (Å²) < 4.78 is 33.7. The molecule has 32 heavy (non-hydrogen) atoms. The number of aryl methyl sites for hydroxylation is 1. The van der Waals surface area contributed by atoms with Crippen LogP contribution in [-0.2, 0) is 10.0 Å². The van der Waals surface area contributed by atoms with Crippen molar-refractivity contribution >= 4 is 21.6 Å². The van der Waals surface area contributed by atoms with Gasteiger partial charge in [0.15, 0.2) is 0 Å². The standard InChI is InChI=1S/C24H33N3O4S/c1-16-7-8-17(22(28)25-19-14-23(2,3)27-24(4,5)15-19)13-21(16)32(29,30)26-18-9-11-20(31-6)12-10-18/h7-13,19,26-27H,14-15H2,1-6H3,(H,25,28). The molecule has 1 fully saturated rings. The first kappa shape index (κ1) is 24.1. The molecule has 2 aromatic rings. The van der Waals surface area contributed by atoms with Gasteiger partial charge in [0.05, 0.1) is 12.0 Å². The molecule has 1 heterocycles. The molecule has 0 radical (unpaired) electrons. The Balaban J connectivity index is 1.80. The largest absolute Gasteiger partial charge is 0.497 e. The predicted molar refractivity (Wildman–Crippen MR) is 127 cm³/mol. The number of ether oxygens (including phenoxy) is 1. The average Bonchev–Trinajstić information content (AvgIpc) is 2.66. The minimum Gasteiger partial charge on any atom is -0.497 e. The SMILES string of the molecule is COc1ccc(NS(=O)(=O)c2cc(C(=O)NC3CC(C)(C)NC(C)(C)C3)ccc2C)cc1. The van der Waals surface area contributed by atoms with Crippen molar-refractivity contribution in [2.75, 3.05) is 11.8 Å². The molecule has 0 unspecified atom stereocenters. The second kappa shape index (κ2) is 8.75. The molecule has 3 rings (SSSR count). The topological polar surface area (TPSA) is 96.5 Å². The Morgan fingerprint density at radius 2 is 1.62 bits per heavy atom. The van der Waals surface area contributed by atoms with Gasteiger partial charge in [-0.25, -0.2) is 8.42 Å². The van der Waals surface area contributed by atoms with Crippen molar-refractivity contribution in [1.29, 1.82) is 0 Å². The lowest BCUT2D eigenvalue weighted by Gasteiger charge is -2.46. The van der Waals surface area contributed by atoms with E-state index in [1.165, 1.54) is 6.07 Å². The lowest BCUT2D eigenvalue weighted by Crippen LogP contribution is -2.62. The van der Waals surface area contributed by atoms with Gasteiger partial charge >= 0.3 is 0 Å². The number of piperidine rings is 1. The van der Waals surface area contributed by atoms with E-state index >= 15 is 0 Å². The molecule has 0 saturated carbocycles. The molecule has 0 spiro atoms. The minimum absolute atomic E-state index is 0.00691. The highest BCUT2D eigenvalue weighted by Gasteiger charge is 2.38. The van der Waals surface area contributed by atoms with Gasteiger partial charge in [-0.2, -0.15) is 0 Å². The van der Waals surface area contributed by atoms with Crippen molar-refractivity contribution < 1.29 is 17.9 Å². The second-order valence-corrected chi connectivity index (χ2v) is 11.4. The van der Waals surface area contributed by atoms with E-state index in [-0.39, 0.29) is 27.9 Å². The van der Waals surface area contributed by atoms with Crippen LogP contribution in [-0.4, -0.2) is 38.6 Å². The molecular weight excluding hydrogens is 426 g/mol. The zero-order valence-electron chi connectivity index (χ0n) is 19.6. The highest BCUT2D eigenvalue weighted by atomic mass is 32.2. The second-order valence-electron chi connectivity index (χ2n) is 9.79. The van der Waals surface area contributed by atoms with E-state index in [2.05, 4.69) is 43.1 Å². The van der Waals surface area contributed by atoms with Crippen molar-refractivity contribution in [3.63, 3.8) is 0 Å². The van der Waals surface area contributed by atoms with Crippen molar-refractivity contribution in [1.82, 2.24) is 10.6 Å². The van der Waals surface area contributed by atoms with Crippen LogP contribution < -0.4 is 20.1 Å². The number of sulfonamides is 1. The number of amides is 1. The summed E-state index contributed by atoms with van der Waals surface area (Å²) in [5.74, 6) is 0.358. The van der Waals surface area contributed by atoms with Gasteiger partial charge in [0, 0.05) is 28.4 Å². The normalized spacial score (nSPS) is 18.1. The highest BCUT2D eigenvalue weighted by Crippen LogP contribution is 2.29. The zero-order valence-corrected chi connectivity index (χ0v) is 20.4. The first-order valence-corrected chi connectivity index (χ1v) is 12.2. The van der Waals surface area contributed by atoms with E-state index in [4.69, 9.17) is 4.74 Å². The molecule has 1 amide bonds. The summed E-state index contributed by atoms with van der Waals surface area (Å²) in [4.78, 5) is 13.1. The van der Waals surface area contributed by atoms with Crippen LogP contribution in [0.2, 0.25) is 0 Å². The molecule has 1 aliphatic rings. The Morgan fingerprint density at radius 3 is 2.19 bits per heavy atom. The van der Waals surface area contributed by atoms with Gasteiger partial charge in [0.25, 0.3) is 15.9 Å². The van der Waals surface area contributed by atoms with Gasteiger partial charge in [0.2, 0.25) is 0 Å². The maximum absolute atomic E-state index is 13.0. The lowest BCUT2D eigenvalue weighted by atomic mass is 9.79. The lowest BCUT2D eigenvalue weighted by molar-refractivity contribution is 0.0873. The van der Waals surface area contributed by atoms with Crippen LogP contribution in [0.1, 0.15) is 56.5 Å². The summed E-state index contributed by atoms with van der Waals surface area (Å²) in [6.07, 6.45) is 1.58. The Hall–Kier alpha value is -2.58. The van der Waals surface area contributed by atoms with Crippen LogP contribution in [0.3, 0.4) is 0 Å². The van der Waals surface area contributed by atoms with E-state index in [1.807, 2.05) is 0 Å². The molecular formula is C24H33N3O4S. The Morgan fingerprint density at radius 1 is 1.03 bits per heavy atom. The Bertz CT molecular complexity index is 1080. The smallest absolute Gasteiger partial charge is 0.262 e. The third-order valence-corrected chi connectivity index (χ3v) is 7.13. The number of nitrogens with one attached hydrogen (secondary N) is 3. The number of anilines is 1. The summed E-state index contributed by atoms with van der Waals surface area (Å²) >= 11 is 0. The maximum Gasteiger partial charge on any atom is 0.262 e. The van der Waals surface area contributed by atoms with Crippen LogP contribution in [0, 0.1) is 6.92 Å². The molecule has 1 aliphatic heterocycles. The van der Waals surface area contributed by atoms with Crippen molar-refractivity contribution in [2.45, 2.75) is 69.5 Å². The van der Waals surface area contributed by atoms with Gasteiger partial charge in [-0.1, -0.05) is 6.07 Å². The molecule has 0 bridgehead atoms. The summed E-state index contributed by atoms with van der Waals surface area (Å²) in [7, 11) is -2.32. The van der Waals surface area contributed by atoms with Crippen LogP contribution in [0.25, 0.3) is 0 Å². The number of hydrogen-bond donors (Lipinski definition) is 3. The van der Waals surface area contributed by atoms with Crippen molar-refractivity contribution in [3.05, 3.63) is 53.6 Å². The molecule has 174 valence electrons. The first-order valence-electron chi connectivity index (χ1n) is 10.7. The van der Waals surface area contributed by atoms with Crippen LogP contribution in [0.4, 0.5) is 5.69 Å². The quantitative estimate of drug-likeness (QED) is 0.610. The number of carbonyl (C=O) groups is 1. The summed E-state index contributed by atoms with van der Waals surface area (Å²) in [5.41, 5.74) is 1.08. The summed E-state index contributed by atoms with van der Waals surface area (Å²) in [5, 5.41) is 6.69. The average molecular weight is 460 g/mol. The molecule has 7 nitrogen and oxygen atoms in total. The van der Waals surface area contributed by atoms with Crippen molar-refractivity contribution in [2.24, 2.45) is 0 Å². The fourth-order valence-electron chi connectivity index (χ4n) is 4.59. The Kier molecular flexibility index (Phi) is 6.58. The molecule has 0 aromatic heterocycles. The monoisotopic (exact) mass is 459 g/mol. The van der Waals surface area contributed by atoms with Crippen LogP contribution in [0.15, 0.2) is 47.4 Å². The van der Waals surface area contributed by atoms with Gasteiger partial charge < -0.3 is 15.4 Å². The van der Waals surface area contributed by atoms with Gasteiger partial charge in [-0.3, -0.25) is 9.52 Å². The van der Waals surface area contributed by atoms with E-state index in [9.17, 15) is 13.2 Å². The van der Waals surface area contributed by atoms with Crippen molar-refractivity contribution in [3.8, 4) is 5.75 Å². The molecule has 3 N–H and O–H groups in total. The zero-order chi connectivity index (χ0) is 23.7. The molecule has 0 atom stereocenters. The molecule has 2 aromatic carbocycles. The number of hydrogen-bond acceptors (Lipinski definition) is 5. The molecule has 8 heteroatoms. The fraction of sp³-hybridized carbons (Fsp3) is 0.458. The van der Waals surface area contributed by atoms with Crippen LogP contribution >= 0.6 is 0 Å². The van der Waals surface area contributed by atoms with Crippen LogP contribution in [0.5, 0.6) is 5.75 Å². The number of methoxy groups -OCH3 is 1. The van der Waals surface area contributed by atoms with E-state index in [1.54, 1.807) is 50.4 Å². The highest BCUT2D eigenvalue weighted by molar-refractivity contribution is 7.92. The number of rotatable bonds is 6. The molecule has 1 saturated heterocycles. The predicted octanol–water partition coefficient (Wildman–Crippen LogP) is 3.84. The number of benzene rings is 2. The third-order valence-electron chi connectivity index (χ3n) is 5.61. The van der Waals surface area contributed by atoms with Gasteiger partial charge in [-0.05, 0) is 89.4 Å². The third kappa shape index (κ3) is 5.81. The van der Waals surface area contributed by atoms with Gasteiger partial charge in [0.1, 0.15) is 5.75 Å². The summed E-state index contributed by atoms with van der Waals surface area (Å²) in [6, 6.07) is 11.4. The maximum atomic E-state index is 13.0. The first-order chi connectivity index (χ1) is 14.8. The minimum atomic E-state index is -3.87. The Labute approximate surface area is 191 Å². The van der Waals surface area contributed by atoms with Gasteiger partial charge in [-0.15, -0.1) is 0 Å². The van der Waals surface area contributed by atoms with E-state index < -0.39 is 10.0 Å².